The van der Waals surface area contributed by atoms with Crippen molar-refractivity contribution in [1.82, 2.24) is 0 Å². The smallest absolute Gasteiger partial charge is 0.163 e. The van der Waals surface area contributed by atoms with Crippen LogP contribution in [0.4, 0.5) is 0 Å². The van der Waals surface area contributed by atoms with E-state index in [9.17, 15) is 5.11 Å². The highest BCUT2D eigenvalue weighted by atomic mass is 35.5. The van der Waals surface area contributed by atoms with Gasteiger partial charge in [-0.25, -0.2) is 0 Å². The predicted molar refractivity (Wildman–Crippen MR) is 73.4 cm³/mol. The first kappa shape index (κ1) is 13.5. The number of rotatable bonds is 2. The Hall–Kier alpha value is -0.930. The SMILES string of the molecule is COc1cc(Cl)c(C)c(C2(N)CCCCC2)c1O. The Morgan fingerprint density at radius 3 is 2.50 bits per heavy atom. The number of phenolic OH excluding ortho intramolecular Hbond substituents is 1. The first-order valence-corrected chi connectivity index (χ1v) is 6.73. The van der Waals surface area contributed by atoms with Crippen molar-refractivity contribution in [2.45, 2.75) is 44.6 Å². The van der Waals surface area contributed by atoms with Crippen LogP contribution in [-0.4, -0.2) is 12.2 Å². The fraction of sp³-hybridized carbons (Fsp3) is 0.571. The van der Waals surface area contributed by atoms with Crippen molar-refractivity contribution in [3.8, 4) is 11.5 Å². The maximum Gasteiger partial charge on any atom is 0.163 e. The van der Waals surface area contributed by atoms with Gasteiger partial charge in [-0.05, 0) is 25.3 Å². The monoisotopic (exact) mass is 269 g/mol. The number of benzene rings is 1. The van der Waals surface area contributed by atoms with Crippen LogP contribution < -0.4 is 10.5 Å². The summed E-state index contributed by atoms with van der Waals surface area (Å²) in [7, 11) is 1.52. The second kappa shape index (κ2) is 4.98. The van der Waals surface area contributed by atoms with Crippen molar-refractivity contribution < 1.29 is 9.84 Å². The van der Waals surface area contributed by atoms with Crippen molar-refractivity contribution in [1.29, 1.82) is 0 Å². The molecule has 0 unspecified atom stereocenters. The van der Waals surface area contributed by atoms with Crippen LogP contribution in [0.1, 0.15) is 43.2 Å². The summed E-state index contributed by atoms with van der Waals surface area (Å²) in [5.41, 5.74) is 7.64. The first-order chi connectivity index (χ1) is 8.49. The topological polar surface area (TPSA) is 55.5 Å². The number of aromatic hydroxyl groups is 1. The lowest BCUT2D eigenvalue weighted by Crippen LogP contribution is -2.39. The van der Waals surface area contributed by atoms with Crippen LogP contribution in [0, 0.1) is 6.92 Å². The number of methoxy groups -OCH3 is 1. The molecule has 1 aliphatic rings. The minimum atomic E-state index is -0.482. The molecule has 3 nitrogen and oxygen atoms in total. The molecule has 0 aliphatic heterocycles. The number of ether oxygens (including phenoxy) is 1. The van der Waals surface area contributed by atoms with E-state index < -0.39 is 5.54 Å². The molecule has 0 bridgehead atoms. The molecule has 4 heteroatoms. The van der Waals surface area contributed by atoms with Crippen molar-refractivity contribution in [2.75, 3.05) is 7.11 Å². The third-order valence-corrected chi connectivity index (χ3v) is 4.32. The van der Waals surface area contributed by atoms with Gasteiger partial charge in [-0.3, -0.25) is 0 Å². The van der Waals surface area contributed by atoms with Crippen LogP contribution in [0.2, 0.25) is 5.02 Å². The van der Waals surface area contributed by atoms with E-state index in [1.807, 2.05) is 6.92 Å². The summed E-state index contributed by atoms with van der Waals surface area (Å²) in [6.45, 7) is 1.90. The third-order valence-electron chi connectivity index (χ3n) is 3.92. The summed E-state index contributed by atoms with van der Waals surface area (Å²) < 4.78 is 5.17. The molecule has 1 fully saturated rings. The van der Waals surface area contributed by atoms with Crippen molar-refractivity contribution in [2.24, 2.45) is 5.73 Å². The molecule has 1 aliphatic carbocycles. The standard InChI is InChI=1S/C14H20ClNO2/c1-9-10(15)8-11(18-2)13(17)12(9)14(16)6-4-3-5-7-14/h8,17H,3-7,16H2,1-2H3. The summed E-state index contributed by atoms with van der Waals surface area (Å²) in [6, 6.07) is 1.64. The number of hydrogen-bond donors (Lipinski definition) is 2. The van der Waals surface area contributed by atoms with Crippen LogP contribution in [0.5, 0.6) is 11.5 Å². The Kier molecular flexibility index (Phi) is 3.74. The number of hydrogen-bond acceptors (Lipinski definition) is 3. The van der Waals surface area contributed by atoms with Gasteiger partial charge in [0.15, 0.2) is 11.5 Å². The molecule has 0 saturated heterocycles. The normalized spacial score (nSPS) is 18.7. The zero-order valence-electron chi connectivity index (χ0n) is 10.9. The third kappa shape index (κ3) is 2.17. The van der Waals surface area contributed by atoms with Gasteiger partial charge in [-0.2, -0.15) is 0 Å². The molecule has 0 radical (unpaired) electrons. The van der Waals surface area contributed by atoms with Crippen LogP contribution in [0.3, 0.4) is 0 Å². The summed E-state index contributed by atoms with van der Waals surface area (Å²) in [4.78, 5) is 0. The summed E-state index contributed by atoms with van der Waals surface area (Å²) in [5.74, 6) is 0.541. The van der Waals surface area contributed by atoms with Crippen LogP contribution in [0.25, 0.3) is 0 Å². The predicted octanol–water partition coefficient (Wildman–Crippen LogP) is 3.48. The summed E-state index contributed by atoms with van der Waals surface area (Å²) in [6.07, 6.45) is 5.14. The molecule has 0 atom stereocenters. The van der Waals surface area contributed by atoms with E-state index in [-0.39, 0.29) is 5.75 Å². The molecule has 2 rings (SSSR count). The maximum absolute atomic E-state index is 10.3. The average molecular weight is 270 g/mol. The Labute approximate surface area is 113 Å². The fourth-order valence-corrected chi connectivity index (χ4v) is 3.10. The van der Waals surface area contributed by atoms with E-state index >= 15 is 0 Å². The zero-order valence-corrected chi connectivity index (χ0v) is 11.7. The molecule has 100 valence electrons. The Bertz CT molecular complexity index is 454. The number of nitrogens with two attached hydrogens (primary N) is 1. The molecule has 1 saturated carbocycles. The van der Waals surface area contributed by atoms with Crippen molar-refractivity contribution in [3.63, 3.8) is 0 Å². The van der Waals surface area contributed by atoms with E-state index in [0.29, 0.717) is 10.8 Å². The van der Waals surface area contributed by atoms with Gasteiger partial charge in [0.25, 0.3) is 0 Å². The fourth-order valence-electron chi connectivity index (χ4n) is 2.91. The highest BCUT2D eigenvalue weighted by molar-refractivity contribution is 6.31. The molecular formula is C14H20ClNO2. The van der Waals surface area contributed by atoms with Gasteiger partial charge < -0.3 is 15.6 Å². The van der Waals surface area contributed by atoms with Crippen molar-refractivity contribution >= 4 is 11.6 Å². The molecule has 18 heavy (non-hydrogen) atoms. The number of phenols is 1. The van der Waals surface area contributed by atoms with E-state index in [2.05, 4.69) is 0 Å². The average Bonchev–Trinajstić information content (AvgIpc) is 2.34. The molecule has 1 aromatic carbocycles. The lowest BCUT2D eigenvalue weighted by Gasteiger charge is -2.36. The van der Waals surface area contributed by atoms with Gasteiger partial charge in [0.1, 0.15) is 0 Å². The Balaban J connectivity index is 2.58. The molecule has 0 spiro atoms. The molecule has 3 N–H and O–H groups in total. The highest BCUT2D eigenvalue weighted by Crippen LogP contribution is 2.46. The molecule has 0 amide bonds. The molecule has 1 aromatic rings. The first-order valence-electron chi connectivity index (χ1n) is 6.35. The van der Waals surface area contributed by atoms with Crippen LogP contribution >= 0.6 is 11.6 Å². The van der Waals surface area contributed by atoms with E-state index in [0.717, 1.165) is 36.8 Å². The number of halogens is 1. The summed E-state index contributed by atoms with van der Waals surface area (Å²) in [5, 5.41) is 10.9. The lowest BCUT2D eigenvalue weighted by molar-refractivity contribution is 0.285. The van der Waals surface area contributed by atoms with Gasteiger partial charge in [-0.1, -0.05) is 30.9 Å². The van der Waals surface area contributed by atoms with Crippen LogP contribution in [0.15, 0.2) is 6.07 Å². The van der Waals surface area contributed by atoms with Gasteiger partial charge >= 0.3 is 0 Å². The van der Waals surface area contributed by atoms with Gasteiger partial charge in [-0.15, -0.1) is 0 Å². The van der Waals surface area contributed by atoms with E-state index in [1.165, 1.54) is 13.5 Å². The molecular weight excluding hydrogens is 250 g/mol. The quantitative estimate of drug-likeness (QED) is 0.864. The van der Waals surface area contributed by atoms with Gasteiger partial charge in [0, 0.05) is 22.2 Å². The summed E-state index contributed by atoms with van der Waals surface area (Å²) >= 11 is 6.20. The van der Waals surface area contributed by atoms with Crippen molar-refractivity contribution in [3.05, 3.63) is 22.2 Å². The Morgan fingerprint density at radius 2 is 1.94 bits per heavy atom. The molecule has 0 heterocycles. The Morgan fingerprint density at radius 1 is 1.33 bits per heavy atom. The van der Waals surface area contributed by atoms with E-state index in [1.54, 1.807) is 6.07 Å². The van der Waals surface area contributed by atoms with Crippen LogP contribution in [-0.2, 0) is 5.54 Å². The van der Waals surface area contributed by atoms with Gasteiger partial charge in [0.05, 0.1) is 7.11 Å². The zero-order chi connectivity index (χ0) is 13.3. The lowest BCUT2D eigenvalue weighted by atomic mass is 9.75. The second-order valence-electron chi connectivity index (χ2n) is 5.13. The maximum atomic E-state index is 10.3. The minimum Gasteiger partial charge on any atom is -0.504 e. The minimum absolute atomic E-state index is 0.142. The molecule has 0 aromatic heterocycles. The van der Waals surface area contributed by atoms with E-state index in [4.69, 9.17) is 22.1 Å². The highest BCUT2D eigenvalue weighted by Gasteiger charge is 2.35. The largest absolute Gasteiger partial charge is 0.504 e. The second-order valence-corrected chi connectivity index (χ2v) is 5.53. The van der Waals surface area contributed by atoms with Gasteiger partial charge in [0.2, 0.25) is 0 Å².